The molecule has 0 radical (unpaired) electrons. The average molecular weight is 281 g/mol. The summed E-state index contributed by atoms with van der Waals surface area (Å²) in [6, 6.07) is 5.37. The Morgan fingerprint density at radius 3 is 2.79 bits per heavy atom. The molecular formula is C15H21ClN2O. The molecule has 0 heterocycles. The minimum absolute atomic E-state index is 0.0133. The quantitative estimate of drug-likeness (QED) is 0.647. The van der Waals surface area contributed by atoms with Crippen molar-refractivity contribution >= 4 is 17.4 Å². The number of benzene rings is 1. The van der Waals surface area contributed by atoms with Gasteiger partial charge in [0.1, 0.15) is 17.7 Å². The van der Waals surface area contributed by atoms with E-state index in [2.05, 4.69) is 6.92 Å². The van der Waals surface area contributed by atoms with Crippen molar-refractivity contribution in [3.05, 3.63) is 28.8 Å². The number of halogens is 1. The molecule has 1 aliphatic carbocycles. The third-order valence-electron chi connectivity index (χ3n) is 3.88. The summed E-state index contributed by atoms with van der Waals surface area (Å²) in [5.74, 6) is 1.40. The van der Waals surface area contributed by atoms with Crippen LogP contribution in [-0.4, -0.2) is 11.9 Å². The molecule has 4 heteroatoms. The first-order chi connectivity index (χ1) is 9.11. The lowest BCUT2D eigenvalue weighted by molar-refractivity contribution is 0.0904. The largest absolute Gasteiger partial charge is 0.490 e. The third-order valence-corrected chi connectivity index (χ3v) is 4.19. The molecule has 104 valence electrons. The van der Waals surface area contributed by atoms with Gasteiger partial charge in [0, 0.05) is 5.56 Å². The van der Waals surface area contributed by atoms with Gasteiger partial charge in [-0.25, -0.2) is 0 Å². The highest BCUT2D eigenvalue weighted by atomic mass is 35.5. The van der Waals surface area contributed by atoms with Crippen molar-refractivity contribution < 1.29 is 4.74 Å². The van der Waals surface area contributed by atoms with Crippen LogP contribution in [-0.2, 0) is 0 Å². The Kier molecular flexibility index (Phi) is 4.70. The molecule has 0 bridgehead atoms. The molecule has 19 heavy (non-hydrogen) atoms. The fraction of sp³-hybridized carbons (Fsp3) is 0.533. The number of nitrogens with one attached hydrogen (secondary N) is 1. The standard InChI is InChI=1S/C15H21ClN2O/c1-2-10-5-3-4-6-14(10)19-11-7-8-12(15(17)18)13(16)9-11/h7-10,14H,2-6H2,1H3,(H3,17,18). The molecule has 0 amide bonds. The van der Waals surface area contributed by atoms with Crippen molar-refractivity contribution in [2.24, 2.45) is 11.7 Å². The zero-order valence-electron chi connectivity index (χ0n) is 11.3. The highest BCUT2D eigenvalue weighted by Crippen LogP contribution is 2.31. The summed E-state index contributed by atoms with van der Waals surface area (Å²) in [6.07, 6.45) is 6.36. The number of hydrogen-bond donors (Lipinski definition) is 2. The molecule has 1 fully saturated rings. The second-order valence-corrected chi connectivity index (χ2v) is 5.57. The molecule has 1 aromatic carbocycles. The summed E-state index contributed by atoms with van der Waals surface area (Å²) in [6.45, 7) is 2.22. The minimum Gasteiger partial charge on any atom is -0.490 e. The Labute approximate surface area is 119 Å². The van der Waals surface area contributed by atoms with Gasteiger partial charge >= 0.3 is 0 Å². The van der Waals surface area contributed by atoms with E-state index in [1.165, 1.54) is 19.3 Å². The lowest BCUT2D eigenvalue weighted by Gasteiger charge is -2.31. The van der Waals surface area contributed by atoms with E-state index in [0.29, 0.717) is 16.5 Å². The van der Waals surface area contributed by atoms with Crippen LogP contribution < -0.4 is 10.5 Å². The van der Waals surface area contributed by atoms with Gasteiger partial charge in [0.25, 0.3) is 0 Å². The van der Waals surface area contributed by atoms with E-state index in [4.69, 9.17) is 27.5 Å². The van der Waals surface area contributed by atoms with Crippen LogP contribution in [0.5, 0.6) is 5.75 Å². The van der Waals surface area contributed by atoms with Gasteiger partial charge < -0.3 is 10.5 Å². The van der Waals surface area contributed by atoms with Crippen LogP contribution in [0.25, 0.3) is 0 Å². The molecule has 2 rings (SSSR count). The van der Waals surface area contributed by atoms with Crippen LogP contribution in [0.4, 0.5) is 0 Å². The number of nitrogen functional groups attached to an aromatic ring is 1. The summed E-state index contributed by atoms with van der Waals surface area (Å²) in [4.78, 5) is 0. The number of nitrogens with two attached hydrogens (primary N) is 1. The molecule has 0 saturated heterocycles. The molecule has 2 atom stereocenters. The summed E-state index contributed by atoms with van der Waals surface area (Å²) in [5, 5.41) is 7.89. The monoisotopic (exact) mass is 280 g/mol. The zero-order valence-corrected chi connectivity index (χ0v) is 12.0. The molecule has 0 aliphatic heterocycles. The lowest BCUT2D eigenvalue weighted by atomic mass is 9.85. The number of amidine groups is 1. The van der Waals surface area contributed by atoms with Crippen LogP contribution in [0.1, 0.15) is 44.6 Å². The number of ether oxygens (including phenoxy) is 1. The fourth-order valence-corrected chi connectivity index (χ4v) is 3.03. The molecule has 3 N–H and O–H groups in total. The normalized spacial score (nSPS) is 23.1. The molecule has 0 spiro atoms. The maximum atomic E-state index is 7.41. The van der Waals surface area contributed by atoms with Crippen LogP contribution in [0, 0.1) is 11.3 Å². The number of hydrogen-bond acceptors (Lipinski definition) is 2. The van der Waals surface area contributed by atoms with Crippen molar-refractivity contribution in [2.75, 3.05) is 0 Å². The molecular weight excluding hydrogens is 260 g/mol. The summed E-state index contributed by atoms with van der Waals surface area (Å²) in [5.41, 5.74) is 6.01. The smallest absolute Gasteiger partial charge is 0.124 e. The molecule has 1 aromatic rings. The molecule has 3 nitrogen and oxygen atoms in total. The maximum Gasteiger partial charge on any atom is 0.124 e. The SMILES string of the molecule is CCC1CCCCC1Oc1ccc(C(=N)N)c(Cl)c1. The third kappa shape index (κ3) is 3.41. The Balaban J connectivity index is 2.10. The predicted molar refractivity (Wildman–Crippen MR) is 79.1 cm³/mol. The Hall–Kier alpha value is -1.22. The Bertz CT molecular complexity index is 461. The first-order valence-electron chi connectivity index (χ1n) is 6.92. The van der Waals surface area contributed by atoms with Gasteiger partial charge in [0.15, 0.2) is 0 Å². The highest BCUT2D eigenvalue weighted by molar-refractivity contribution is 6.34. The van der Waals surface area contributed by atoms with Gasteiger partial charge in [-0.3, -0.25) is 5.41 Å². The minimum atomic E-state index is -0.0133. The van der Waals surface area contributed by atoms with E-state index in [-0.39, 0.29) is 11.9 Å². The maximum absolute atomic E-state index is 7.41. The summed E-state index contributed by atoms with van der Waals surface area (Å²) < 4.78 is 6.08. The average Bonchev–Trinajstić information content (AvgIpc) is 2.39. The van der Waals surface area contributed by atoms with E-state index in [0.717, 1.165) is 18.6 Å². The van der Waals surface area contributed by atoms with Crippen LogP contribution >= 0.6 is 11.6 Å². The predicted octanol–water partition coefficient (Wildman–Crippen LogP) is 3.97. The summed E-state index contributed by atoms with van der Waals surface area (Å²) in [7, 11) is 0. The van der Waals surface area contributed by atoms with Gasteiger partial charge in [-0.15, -0.1) is 0 Å². The van der Waals surface area contributed by atoms with E-state index >= 15 is 0 Å². The molecule has 2 unspecified atom stereocenters. The fourth-order valence-electron chi connectivity index (χ4n) is 2.76. The lowest BCUT2D eigenvalue weighted by Crippen LogP contribution is -2.29. The van der Waals surface area contributed by atoms with Crippen LogP contribution in [0.15, 0.2) is 18.2 Å². The zero-order chi connectivity index (χ0) is 13.8. The van der Waals surface area contributed by atoms with Gasteiger partial charge in [-0.05, 0) is 49.8 Å². The molecule has 1 aliphatic rings. The second-order valence-electron chi connectivity index (χ2n) is 5.16. The van der Waals surface area contributed by atoms with Gasteiger partial charge in [-0.1, -0.05) is 24.9 Å². The topological polar surface area (TPSA) is 59.1 Å². The molecule has 0 aromatic heterocycles. The van der Waals surface area contributed by atoms with Gasteiger partial charge in [0.2, 0.25) is 0 Å². The van der Waals surface area contributed by atoms with Crippen LogP contribution in [0.2, 0.25) is 5.02 Å². The first kappa shape index (κ1) is 14.2. The van der Waals surface area contributed by atoms with Gasteiger partial charge in [-0.2, -0.15) is 0 Å². The van der Waals surface area contributed by atoms with E-state index < -0.39 is 0 Å². The van der Waals surface area contributed by atoms with Crippen molar-refractivity contribution in [1.29, 1.82) is 5.41 Å². The number of rotatable bonds is 4. The second kappa shape index (κ2) is 6.29. The van der Waals surface area contributed by atoms with Crippen molar-refractivity contribution in [3.8, 4) is 5.75 Å². The van der Waals surface area contributed by atoms with E-state index in [1.807, 2.05) is 6.07 Å². The molecule has 1 saturated carbocycles. The van der Waals surface area contributed by atoms with Crippen LogP contribution in [0.3, 0.4) is 0 Å². The highest BCUT2D eigenvalue weighted by Gasteiger charge is 2.25. The van der Waals surface area contributed by atoms with E-state index in [9.17, 15) is 0 Å². The Morgan fingerprint density at radius 2 is 2.16 bits per heavy atom. The van der Waals surface area contributed by atoms with Crippen molar-refractivity contribution in [1.82, 2.24) is 0 Å². The summed E-state index contributed by atoms with van der Waals surface area (Å²) >= 11 is 6.11. The van der Waals surface area contributed by atoms with E-state index in [1.54, 1.807) is 12.1 Å². The van der Waals surface area contributed by atoms with Gasteiger partial charge in [0.05, 0.1) is 5.02 Å². The van der Waals surface area contributed by atoms with Crippen molar-refractivity contribution in [3.63, 3.8) is 0 Å². The van der Waals surface area contributed by atoms with Crippen molar-refractivity contribution in [2.45, 2.75) is 45.1 Å². The Morgan fingerprint density at radius 1 is 1.42 bits per heavy atom. The first-order valence-corrected chi connectivity index (χ1v) is 7.30.